The molecule has 3 rings (SSSR count). The summed E-state index contributed by atoms with van der Waals surface area (Å²) in [6.07, 6.45) is 4.06. The number of nitrogens with one attached hydrogen (secondary N) is 1. The smallest absolute Gasteiger partial charge is 0.274 e. The number of aromatic nitrogens is 3. The van der Waals surface area contributed by atoms with Gasteiger partial charge in [-0.1, -0.05) is 6.07 Å². The van der Waals surface area contributed by atoms with Gasteiger partial charge in [-0.05, 0) is 18.2 Å². The van der Waals surface area contributed by atoms with E-state index in [1.165, 1.54) is 36.8 Å². The standard InChI is InChI=1S/C16H16N4O5S/c21-14-4-5-15(22)20(14)9-10-26(24,25)19-8-6-12(11-19)18-16(23)13-3-1-2-7-17-13/h1-8,11,21-22H,9-10H2,(H,18,23). The number of carbonyl (C=O) groups excluding carboxylic acids is 1. The molecule has 3 aromatic heterocycles. The summed E-state index contributed by atoms with van der Waals surface area (Å²) >= 11 is 0. The summed E-state index contributed by atoms with van der Waals surface area (Å²) < 4.78 is 26.8. The van der Waals surface area contributed by atoms with Crippen LogP contribution in [0.3, 0.4) is 0 Å². The monoisotopic (exact) mass is 376 g/mol. The van der Waals surface area contributed by atoms with E-state index in [0.29, 0.717) is 5.69 Å². The maximum atomic E-state index is 12.4. The van der Waals surface area contributed by atoms with Crippen molar-refractivity contribution in [2.75, 3.05) is 11.1 Å². The van der Waals surface area contributed by atoms with E-state index >= 15 is 0 Å². The van der Waals surface area contributed by atoms with Crippen LogP contribution in [0.4, 0.5) is 5.69 Å². The van der Waals surface area contributed by atoms with Crippen LogP contribution in [0.2, 0.25) is 0 Å². The Labute approximate surface area is 149 Å². The fourth-order valence-corrected chi connectivity index (χ4v) is 3.45. The highest BCUT2D eigenvalue weighted by Gasteiger charge is 2.17. The molecule has 0 unspecified atom stereocenters. The number of amides is 1. The molecular weight excluding hydrogens is 360 g/mol. The quantitative estimate of drug-likeness (QED) is 0.594. The average molecular weight is 376 g/mol. The van der Waals surface area contributed by atoms with Gasteiger partial charge in [0, 0.05) is 37.3 Å². The van der Waals surface area contributed by atoms with Crippen LogP contribution in [0, 0.1) is 0 Å². The van der Waals surface area contributed by atoms with Crippen LogP contribution in [-0.4, -0.2) is 43.8 Å². The van der Waals surface area contributed by atoms with Gasteiger partial charge in [0.15, 0.2) is 11.8 Å². The van der Waals surface area contributed by atoms with Crippen LogP contribution in [0.5, 0.6) is 11.8 Å². The van der Waals surface area contributed by atoms with Gasteiger partial charge in [-0.25, -0.2) is 8.42 Å². The van der Waals surface area contributed by atoms with Crippen LogP contribution in [0.15, 0.2) is 55.0 Å². The van der Waals surface area contributed by atoms with E-state index in [-0.39, 0.29) is 29.8 Å². The number of anilines is 1. The number of nitrogens with zero attached hydrogens (tertiary/aromatic N) is 3. The highest BCUT2D eigenvalue weighted by molar-refractivity contribution is 7.89. The van der Waals surface area contributed by atoms with Crippen molar-refractivity contribution in [1.82, 2.24) is 13.5 Å². The minimum Gasteiger partial charge on any atom is -0.494 e. The molecule has 0 aliphatic heterocycles. The third-order valence-corrected chi connectivity index (χ3v) is 5.22. The van der Waals surface area contributed by atoms with Crippen molar-refractivity contribution in [3.05, 3.63) is 60.7 Å². The van der Waals surface area contributed by atoms with E-state index in [2.05, 4.69) is 10.3 Å². The van der Waals surface area contributed by atoms with Gasteiger partial charge in [-0.3, -0.25) is 18.3 Å². The van der Waals surface area contributed by atoms with Gasteiger partial charge in [-0.2, -0.15) is 0 Å². The first-order valence-corrected chi connectivity index (χ1v) is 9.19. The second kappa shape index (κ2) is 6.92. The summed E-state index contributed by atoms with van der Waals surface area (Å²) in [6, 6.07) is 8.87. The van der Waals surface area contributed by atoms with Crippen molar-refractivity contribution in [3.8, 4) is 11.8 Å². The Morgan fingerprint density at radius 3 is 2.50 bits per heavy atom. The zero-order valence-electron chi connectivity index (χ0n) is 13.5. The first-order valence-electron chi connectivity index (χ1n) is 7.58. The van der Waals surface area contributed by atoms with Gasteiger partial charge in [0.2, 0.25) is 10.0 Å². The van der Waals surface area contributed by atoms with Gasteiger partial charge in [-0.15, -0.1) is 0 Å². The minimum absolute atomic E-state index is 0.124. The Bertz CT molecular complexity index is 1000. The minimum atomic E-state index is -3.74. The molecule has 26 heavy (non-hydrogen) atoms. The number of pyridine rings is 1. The van der Waals surface area contributed by atoms with Gasteiger partial charge < -0.3 is 15.5 Å². The summed E-state index contributed by atoms with van der Waals surface area (Å²) in [5.74, 6) is -1.27. The molecule has 136 valence electrons. The maximum Gasteiger partial charge on any atom is 0.274 e. The van der Waals surface area contributed by atoms with Crippen molar-refractivity contribution in [1.29, 1.82) is 0 Å². The molecule has 10 heteroatoms. The molecule has 0 atom stereocenters. The maximum absolute atomic E-state index is 12.4. The fraction of sp³-hybridized carbons (Fsp3) is 0.125. The second-order valence-corrected chi connectivity index (χ2v) is 7.41. The van der Waals surface area contributed by atoms with Gasteiger partial charge in [0.25, 0.3) is 5.91 Å². The van der Waals surface area contributed by atoms with Crippen LogP contribution in [0.25, 0.3) is 0 Å². The molecule has 0 aromatic carbocycles. The second-order valence-electron chi connectivity index (χ2n) is 5.42. The fourth-order valence-electron chi connectivity index (χ4n) is 2.30. The van der Waals surface area contributed by atoms with E-state index in [9.17, 15) is 23.4 Å². The lowest BCUT2D eigenvalue weighted by Gasteiger charge is -2.08. The summed E-state index contributed by atoms with van der Waals surface area (Å²) in [5.41, 5.74) is 0.512. The molecule has 0 saturated heterocycles. The topological polar surface area (TPSA) is 126 Å². The van der Waals surface area contributed by atoms with Gasteiger partial charge in [0.05, 0.1) is 11.4 Å². The highest BCUT2D eigenvalue weighted by Crippen LogP contribution is 2.21. The Hall–Kier alpha value is -3.27. The van der Waals surface area contributed by atoms with E-state index in [4.69, 9.17) is 0 Å². The molecule has 9 nitrogen and oxygen atoms in total. The van der Waals surface area contributed by atoms with Crippen molar-refractivity contribution in [2.24, 2.45) is 0 Å². The molecule has 1 amide bonds. The Morgan fingerprint density at radius 1 is 1.12 bits per heavy atom. The summed E-state index contributed by atoms with van der Waals surface area (Å²) in [6.45, 7) is -0.124. The summed E-state index contributed by atoms with van der Waals surface area (Å²) in [4.78, 5) is 16.0. The van der Waals surface area contributed by atoms with Crippen molar-refractivity contribution in [3.63, 3.8) is 0 Å². The van der Waals surface area contributed by atoms with E-state index < -0.39 is 15.9 Å². The van der Waals surface area contributed by atoms with Crippen LogP contribution >= 0.6 is 0 Å². The summed E-state index contributed by atoms with van der Waals surface area (Å²) in [5, 5.41) is 21.7. The molecular formula is C16H16N4O5S. The molecule has 0 aliphatic rings. The summed E-state index contributed by atoms with van der Waals surface area (Å²) in [7, 11) is -3.74. The third kappa shape index (κ3) is 3.70. The van der Waals surface area contributed by atoms with Crippen molar-refractivity contribution < 1.29 is 23.4 Å². The molecule has 3 N–H and O–H groups in total. The zero-order valence-corrected chi connectivity index (χ0v) is 14.3. The Morgan fingerprint density at radius 2 is 1.85 bits per heavy atom. The van der Waals surface area contributed by atoms with Gasteiger partial charge in [0.1, 0.15) is 5.69 Å². The van der Waals surface area contributed by atoms with Crippen molar-refractivity contribution in [2.45, 2.75) is 6.54 Å². The van der Waals surface area contributed by atoms with E-state index in [0.717, 1.165) is 8.54 Å². The molecule has 3 aromatic rings. The number of rotatable bonds is 6. The normalized spacial score (nSPS) is 11.4. The zero-order chi connectivity index (χ0) is 18.7. The number of hydrogen-bond acceptors (Lipinski definition) is 6. The molecule has 0 fully saturated rings. The van der Waals surface area contributed by atoms with Crippen molar-refractivity contribution >= 4 is 21.6 Å². The third-order valence-electron chi connectivity index (χ3n) is 3.65. The molecule has 0 bridgehead atoms. The number of hydrogen-bond donors (Lipinski definition) is 3. The molecule has 3 heterocycles. The van der Waals surface area contributed by atoms with Crippen LogP contribution in [-0.2, 0) is 16.6 Å². The predicted octanol–water partition coefficient (Wildman–Crippen LogP) is 1.23. The predicted molar refractivity (Wildman–Crippen MR) is 93.6 cm³/mol. The lowest BCUT2D eigenvalue weighted by Crippen LogP contribution is -2.19. The first kappa shape index (κ1) is 17.5. The molecule has 0 spiro atoms. The Kier molecular flexibility index (Phi) is 4.67. The van der Waals surface area contributed by atoms with E-state index in [1.807, 2.05) is 0 Å². The molecule has 0 radical (unpaired) electrons. The SMILES string of the molecule is O=C(Nc1ccn(S(=O)(=O)CCn2c(O)ccc2O)c1)c1ccccn1. The largest absolute Gasteiger partial charge is 0.494 e. The van der Waals surface area contributed by atoms with E-state index in [1.54, 1.807) is 18.2 Å². The lowest BCUT2D eigenvalue weighted by molar-refractivity contribution is 0.102. The van der Waals surface area contributed by atoms with Crippen LogP contribution in [0.1, 0.15) is 10.5 Å². The first-order chi connectivity index (χ1) is 12.4. The van der Waals surface area contributed by atoms with Crippen LogP contribution < -0.4 is 5.32 Å². The Balaban J connectivity index is 1.69. The molecule has 0 aliphatic carbocycles. The number of carbonyl (C=O) groups is 1. The van der Waals surface area contributed by atoms with Gasteiger partial charge >= 0.3 is 0 Å². The highest BCUT2D eigenvalue weighted by atomic mass is 32.2. The molecule has 0 saturated carbocycles. The average Bonchev–Trinajstić information content (AvgIpc) is 3.22. The number of aromatic hydroxyl groups is 2. The lowest BCUT2D eigenvalue weighted by atomic mass is 10.3.